The molecule has 0 saturated carbocycles. The minimum absolute atomic E-state index is 0.197. The Morgan fingerprint density at radius 1 is 1.17 bits per heavy atom. The van der Waals surface area contributed by atoms with Gasteiger partial charge >= 0.3 is 0 Å². The monoisotopic (exact) mass is 427 g/mol. The number of hydrogen-bond donors (Lipinski definition) is 2. The van der Waals surface area contributed by atoms with Gasteiger partial charge in [0.05, 0.1) is 12.4 Å². The van der Waals surface area contributed by atoms with Crippen molar-refractivity contribution in [2.24, 2.45) is 0 Å². The molecule has 2 aromatic rings. The molecule has 2 N–H and O–H groups in total. The molecule has 1 aliphatic rings. The van der Waals surface area contributed by atoms with Crippen LogP contribution in [0.5, 0.6) is 5.75 Å². The predicted octanol–water partition coefficient (Wildman–Crippen LogP) is 2.67. The van der Waals surface area contributed by atoms with Gasteiger partial charge in [0.25, 0.3) is 10.1 Å². The number of aliphatic hydroxyl groups excluding tert-OH is 1. The Bertz CT molecular complexity index is 975. The molecule has 158 valence electrons. The van der Waals surface area contributed by atoms with Crippen LogP contribution < -0.4 is 0 Å². The number of halogens is 2. The van der Waals surface area contributed by atoms with Crippen LogP contribution >= 0.6 is 0 Å². The summed E-state index contributed by atoms with van der Waals surface area (Å²) >= 11 is 0. The molecule has 0 aliphatic carbocycles. The molecule has 3 rings (SSSR count). The number of β-amino-alcohol motifs (C(OH)–C–C–N with tert-alkyl or cyclic N) is 1. The minimum atomic E-state index is -3.79. The Kier molecular flexibility index (Phi) is 6.23. The van der Waals surface area contributed by atoms with Gasteiger partial charge in [-0.25, -0.2) is 8.78 Å². The van der Waals surface area contributed by atoms with Crippen molar-refractivity contribution in [3.63, 3.8) is 0 Å². The first kappa shape index (κ1) is 21.6. The third-order valence-electron chi connectivity index (χ3n) is 5.11. The normalized spacial score (nSPS) is 18.5. The van der Waals surface area contributed by atoms with Gasteiger partial charge in [-0.3, -0.25) is 4.18 Å². The summed E-state index contributed by atoms with van der Waals surface area (Å²) in [4.78, 5) is 1.90. The highest BCUT2D eigenvalue weighted by atomic mass is 32.2. The van der Waals surface area contributed by atoms with Crippen molar-refractivity contribution < 1.29 is 31.6 Å². The van der Waals surface area contributed by atoms with Gasteiger partial charge in [0.15, 0.2) is 11.6 Å². The molecule has 0 bridgehead atoms. The third-order valence-corrected chi connectivity index (χ3v) is 5.73. The second kappa shape index (κ2) is 8.35. The number of piperidine rings is 1. The van der Waals surface area contributed by atoms with Gasteiger partial charge in [-0.2, -0.15) is 8.42 Å². The fourth-order valence-electron chi connectivity index (χ4n) is 3.66. The van der Waals surface area contributed by atoms with E-state index in [0.29, 0.717) is 24.2 Å². The lowest BCUT2D eigenvalue weighted by molar-refractivity contribution is -0.00917. The molecular formula is C20H23F2NO5S. The van der Waals surface area contributed by atoms with Gasteiger partial charge in [0.1, 0.15) is 11.4 Å². The number of aromatic hydroxyl groups is 1. The summed E-state index contributed by atoms with van der Waals surface area (Å²) < 4.78 is 56.3. The topological polar surface area (TPSA) is 87.1 Å². The number of likely N-dealkylation sites (tertiary alicyclic amines) is 1. The number of benzene rings is 2. The maximum Gasteiger partial charge on any atom is 0.265 e. The van der Waals surface area contributed by atoms with E-state index in [9.17, 15) is 27.4 Å². The van der Waals surface area contributed by atoms with E-state index in [1.165, 1.54) is 30.3 Å². The van der Waals surface area contributed by atoms with E-state index in [1.807, 2.05) is 4.90 Å². The zero-order valence-electron chi connectivity index (χ0n) is 15.9. The van der Waals surface area contributed by atoms with Crippen molar-refractivity contribution in [1.82, 2.24) is 4.90 Å². The SMILES string of the molecule is CS(=O)(=O)OC1(c2cccc(F)c2)CCN(CC(O)c2ccc(O)c(F)c2)CC1. The summed E-state index contributed by atoms with van der Waals surface area (Å²) in [6, 6.07) is 9.39. The van der Waals surface area contributed by atoms with Gasteiger partial charge in [-0.1, -0.05) is 18.2 Å². The van der Waals surface area contributed by atoms with E-state index in [2.05, 4.69) is 0 Å². The first-order chi connectivity index (χ1) is 13.6. The van der Waals surface area contributed by atoms with Crippen LogP contribution in [0.3, 0.4) is 0 Å². The molecule has 1 fully saturated rings. The molecule has 1 aliphatic heterocycles. The summed E-state index contributed by atoms with van der Waals surface area (Å²) in [5, 5.41) is 19.7. The standard InChI is InChI=1S/C20H23F2NO5S/c1-29(26,27)28-20(15-3-2-4-16(21)12-15)7-9-23(10-8-20)13-19(25)14-5-6-18(24)17(22)11-14/h2-6,11-12,19,24-25H,7-10,13H2,1H3. The predicted molar refractivity (Wildman–Crippen MR) is 103 cm³/mol. The summed E-state index contributed by atoms with van der Waals surface area (Å²) in [6.45, 7) is 0.982. The third kappa shape index (κ3) is 5.30. The maximum absolute atomic E-state index is 13.7. The molecule has 6 nitrogen and oxygen atoms in total. The lowest BCUT2D eigenvalue weighted by Crippen LogP contribution is -2.46. The zero-order valence-corrected chi connectivity index (χ0v) is 16.7. The Labute approximate surface area is 168 Å². The largest absolute Gasteiger partial charge is 0.505 e. The van der Waals surface area contributed by atoms with Crippen LogP contribution in [-0.4, -0.2) is 49.4 Å². The van der Waals surface area contributed by atoms with Crippen molar-refractivity contribution >= 4 is 10.1 Å². The van der Waals surface area contributed by atoms with Gasteiger partial charge in [-0.15, -0.1) is 0 Å². The molecule has 2 aromatic carbocycles. The number of phenols is 1. The second-order valence-electron chi connectivity index (χ2n) is 7.32. The van der Waals surface area contributed by atoms with E-state index >= 15 is 0 Å². The average Bonchev–Trinajstić information content (AvgIpc) is 2.64. The summed E-state index contributed by atoms with van der Waals surface area (Å²) in [7, 11) is -3.79. The Balaban J connectivity index is 1.73. The smallest absolute Gasteiger partial charge is 0.265 e. The van der Waals surface area contributed by atoms with Crippen LogP contribution in [0.25, 0.3) is 0 Å². The molecule has 1 saturated heterocycles. The molecule has 1 heterocycles. The van der Waals surface area contributed by atoms with Crippen molar-refractivity contribution in [1.29, 1.82) is 0 Å². The van der Waals surface area contributed by atoms with Crippen LogP contribution in [0, 0.1) is 11.6 Å². The molecule has 0 aromatic heterocycles. The van der Waals surface area contributed by atoms with Crippen LogP contribution in [0.15, 0.2) is 42.5 Å². The van der Waals surface area contributed by atoms with Crippen LogP contribution in [0.2, 0.25) is 0 Å². The first-order valence-electron chi connectivity index (χ1n) is 9.13. The Morgan fingerprint density at radius 2 is 1.86 bits per heavy atom. The number of aliphatic hydroxyl groups is 1. The van der Waals surface area contributed by atoms with E-state index in [1.54, 1.807) is 6.07 Å². The Morgan fingerprint density at radius 3 is 2.45 bits per heavy atom. The van der Waals surface area contributed by atoms with Gasteiger partial charge in [-0.05, 0) is 48.2 Å². The van der Waals surface area contributed by atoms with E-state index < -0.39 is 39.2 Å². The van der Waals surface area contributed by atoms with E-state index in [4.69, 9.17) is 4.18 Å². The lowest BCUT2D eigenvalue weighted by atomic mass is 9.84. The molecule has 0 amide bonds. The summed E-state index contributed by atoms with van der Waals surface area (Å²) in [5.41, 5.74) is -0.403. The highest BCUT2D eigenvalue weighted by Gasteiger charge is 2.41. The van der Waals surface area contributed by atoms with Crippen LogP contribution in [0.1, 0.15) is 30.1 Å². The van der Waals surface area contributed by atoms with Crippen molar-refractivity contribution in [2.75, 3.05) is 25.9 Å². The van der Waals surface area contributed by atoms with Crippen LogP contribution in [0.4, 0.5) is 8.78 Å². The summed E-state index contributed by atoms with van der Waals surface area (Å²) in [6.07, 6.45) is 0.534. The zero-order chi connectivity index (χ0) is 21.2. The number of phenolic OH excluding ortho intramolecular Hbond substituents is 1. The molecular weight excluding hydrogens is 404 g/mol. The number of nitrogens with zero attached hydrogens (tertiary/aromatic N) is 1. The number of rotatable bonds is 6. The molecule has 1 unspecified atom stereocenters. The minimum Gasteiger partial charge on any atom is -0.505 e. The molecule has 9 heteroatoms. The number of hydrogen-bond acceptors (Lipinski definition) is 6. The average molecular weight is 427 g/mol. The van der Waals surface area contributed by atoms with Crippen molar-refractivity contribution in [3.8, 4) is 5.75 Å². The molecule has 1 atom stereocenters. The van der Waals surface area contributed by atoms with Gasteiger partial charge in [0, 0.05) is 19.6 Å². The second-order valence-corrected chi connectivity index (χ2v) is 8.89. The van der Waals surface area contributed by atoms with Crippen LogP contribution in [-0.2, 0) is 19.9 Å². The molecule has 0 spiro atoms. The maximum atomic E-state index is 13.7. The Hall–Kier alpha value is -2.07. The van der Waals surface area contributed by atoms with Gasteiger partial charge < -0.3 is 15.1 Å². The highest BCUT2D eigenvalue weighted by molar-refractivity contribution is 7.86. The van der Waals surface area contributed by atoms with Crippen molar-refractivity contribution in [2.45, 2.75) is 24.5 Å². The molecule has 0 radical (unpaired) electrons. The summed E-state index contributed by atoms with van der Waals surface area (Å²) in [5.74, 6) is -1.78. The lowest BCUT2D eigenvalue weighted by Gasteiger charge is -2.41. The fraction of sp³-hybridized carbons (Fsp3) is 0.400. The van der Waals surface area contributed by atoms with E-state index in [0.717, 1.165) is 12.3 Å². The highest BCUT2D eigenvalue weighted by Crippen LogP contribution is 2.38. The van der Waals surface area contributed by atoms with Gasteiger partial charge in [0.2, 0.25) is 0 Å². The quantitative estimate of drug-likeness (QED) is 0.690. The van der Waals surface area contributed by atoms with E-state index in [-0.39, 0.29) is 19.4 Å². The first-order valence-corrected chi connectivity index (χ1v) is 11.0. The fourth-order valence-corrected chi connectivity index (χ4v) is 4.50. The van der Waals surface area contributed by atoms with Crippen molar-refractivity contribution in [3.05, 3.63) is 65.2 Å². The molecule has 29 heavy (non-hydrogen) atoms.